The van der Waals surface area contributed by atoms with E-state index in [0.29, 0.717) is 5.75 Å². The van der Waals surface area contributed by atoms with Crippen LogP contribution in [0, 0.1) is 0 Å². The molecule has 0 atom stereocenters. The van der Waals surface area contributed by atoms with Crippen LogP contribution < -0.4 is 4.74 Å². The molecule has 0 aliphatic carbocycles. The molecule has 0 N–H and O–H groups in total. The fourth-order valence-corrected chi connectivity index (χ4v) is 1.34. The van der Waals surface area contributed by atoms with Gasteiger partial charge in [-0.3, -0.25) is 4.79 Å². The van der Waals surface area contributed by atoms with Crippen LogP contribution in [0.1, 0.15) is 20.8 Å². The third-order valence-electron chi connectivity index (χ3n) is 1.81. The number of ketones is 1. The molecule has 0 saturated carbocycles. The second-order valence-corrected chi connectivity index (χ2v) is 5.58. The summed E-state index contributed by atoms with van der Waals surface area (Å²) in [5.41, 5.74) is -0.676. The third-order valence-corrected chi connectivity index (χ3v) is 2.34. The molecule has 4 nitrogen and oxygen atoms in total. The van der Waals surface area contributed by atoms with Crippen LogP contribution in [-0.4, -0.2) is 24.0 Å². The van der Waals surface area contributed by atoms with Crippen LogP contribution in [0.2, 0.25) is 0 Å². The maximum Gasteiger partial charge on any atom is 0.378 e. The molecule has 0 amide bonds. The highest BCUT2D eigenvalue weighted by atomic mass is 79.9. The molecule has 0 bridgehead atoms. The quantitative estimate of drug-likeness (QED) is 0.633. The molecule has 0 aliphatic rings. The van der Waals surface area contributed by atoms with E-state index in [9.17, 15) is 9.59 Å². The number of hydrogen-bond acceptors (Lipinski definition) is 4. The fourth-order valence-electron chi connectivity index (χ4n) is 1.07. The molecular formula is C13H15BrO4. The van der Waals surface area contributed by atoms with Crippen molar-refractivity contribution in [1.29, 1.82) is 0 Å². The number of carbonyl (C=O) groups excluding carboxylic acids is 2. The van der Waals surface area contributed by atoms with Gasteiger partial charge in [-0.1, -0.05) is 15.9 Å². The van der Waals surface area contributed by atoms with Crippen molar-refractivity contribution in [2.24, 2.45) is 0 Å². The van der Waals surface area contributed by atoms with E-state index >= 15 is 0 Å². The number of rotatable bonds is 4. The molecule has 0 unspecified atom stereocenters. The maximum absolute atomic E-state index is 11.5. The highest BCUT2D eigenvalue weighted by Crippen LogP contribution is 2.16. The molecule has 0 aliphatic heterocycles. The van der Waals surface area contributed by atoms with Crippen LogP contribution in [0.3, 0.4) is 0 Å². The van der Waals surface area contributed by atoms with Crippen molar-refractivity contribution >= 4 is 27.7 Å². The van der Waals surface area contributed by atoms with Crippen molar-refractivity contribution in [3.8, 4) is 5.75 Å². The zero-order valence-corrected chi connectivity index (χ0v) is 12.1. The maximum atomic E-state index is 11.5. The highest BCUT2D eigenvalue weighted by Gasteiger charge is 2.23. The lowest BCUT2D eigenvalue weighted by Crippen LogP contribution is -2.31. The Morgan fingerprint density at radius 1 is 1.17 bits per heavy atom. The average Bonchev–Trinajstić information content (AvgIpc) is 2.25. The van der Waals surface area contributed by atoms with E-state index in [1.165, 1.54) is 0 Å². The van der Waals surface area contributed by atoms with Crippen molar-refractivity contribution < 1.29 is 19.1 Å². The van der Waals surface area contributed by atoms with Gasteiger partial charge >= 0.3 is 5.97 Å². The van der Waals surface area contributed by atoms with Crippen LogP contribution in [0.4, 0.5) is 0 Å². The Balaban J connectivity index is 2.46. The normalized spacial score (nSPS) is 10.9. The van der Waals surface area contributed by atoms with E-state index in [4.69, 9.17) is 9.47 Å². The number of carbonyl (C=O) groups is 2. The summed E-state index contributed by atoms with van der Waals surface area (Å²) in [5.74, 6) is -1.05. The van der Waals surface area contributed by atoms with E-state index in [0.717, 1.165) is 4.47 Å². The lowest BCUT2D eigenvalue weighted by molar-refractivity contribution is -0.163. The molecule has 5 heteroatoms. The van der Waals surface area contributed by atoms with Crippen molar-refractivity contribution in [2.75, 3.05) is 6.61 Å². The minimum atomic E-state index is -0.875. The first kappa shape index (κ1) is 14.7. The van der Waals surface area contributed by atoms with Gasteiger partial charge in [-0.15, -0.1) is 0 Å². The molecule has 0 aromatic heterocycles. The van der Waals surface area contributed by atoms with Crippen LogP contribution >= 0.6 is 15.9 Å². The first-order chi connectivity index (χ1) is 8.28. The predicted molar refractivity (Wildman–Crippen MR) is 70.5 cm³/mol. The second kappa shape index (κ2) is 6.00. The van der Waals surface area contributed by atoms with Crippen molar-refractivity contribution in [3.05, 3.63) is 28.7 Å². The summed E-state index contributed by atoms with van der Waals surface area (Å²) in [7, 11) is 0. The molecule has 18 heavy (non-hydrogen) atoms. The van der Waals surface area contributed by atoms with E-state index in [-0.39, 0.29) is 6.61 Å². The lowest BCUT2D eigenvalue weighted by Gasteiger charge is -2.18. The SMILES string of the molecule is CC(C)(C)OC(=O)C(=O)COc1ccc(Br)cc1. The molecule has 0 fully saturated rings. The number of halogens is 1. The van der Waals surface area contributed by atoms with Crippen molar-refractivity contribution in [1.82, 2.24) is 0 Å². The number of Topliss-reactive ketones (excluding diaryl/α,β-unsaturated/α-hetero) is 1. The van der Waals surface area contributed by atoms with E-state index in [1.54, 1.807) is 45.0 Å². The largest absolute Gasteiger partial charge is 0.485 e. The topological polar surface area (TPSA) is 52.6 Å². The van der Waals surface area contributed by atoms with Gasteiger partial charge in [-0.25, -0.2) is 4.79 Å². The van der Waals surface area contributed by atoms with E-state index < -0.39 is 17.4 Å². The van der Waals surface area contributed by atoms with Gasteiger partial charge in [0.05, 0.1) is 0 Å². The second-order valence-electron chi connectivity index (χ2n) is 4.67. The summed E-state index contributed by atoms with van der Waals surface area (Å²) < 4.78 is 11.0. The standard InChI is InChI=1S/C13H15BrO4/c1-13(2,3)18-12(16)11(15)8-17-10-6-4-9(14)5-7-10/h4-7H,8H2,1-3H3. The molecule has 0 spiro atoms. The zero-order chi connectivity index (χ0) is 13.8. The molecule has 1 aromatic carbocycles. The van der Waals surface area contributed by atoms with Crippen LogP contribution in [0.15, 0.2) is 28.7 Å². The van der Waals surface area contributed by atoms with Crippen LogP contribution in [0.25, 0.3) is 0 Å². The Bertz CT molecular complexity index is 431. The predicted octanol–water partition coefficient (Wildman–Crippen LogP) is 2.74. The smallest absolute Gasteiger partial charge is 0.378 e. The Morgan fingerprint density at radius 2 is 1.72 bits per heavy atom. The molecular weight excluding hydrogens is 300 g/mol. The van der Waals surface area contributed by atoms with Gasteiger partial charge in [0.15, 0.2) is 6.61 Å². The van der Waals surface area contributed by atoms with E-state index in [1.807, 2.05) is 0 Å². The number of esters is 1. The number of benzene rings is 1. The van der Waals surface area contributed by atoms with Gasteiger partial charge in [-0.2, -0.15) is 0 Å². The van der Waals surface area contributed by atoms with Gasteiger partial charge in [0.1, 0.15) is 11.4 Å². The highest BCUT2D eigenvalue weighted by molar-refractivity contribution is 9.10. The molecule has 0 radical (unpaired) electrons. The summed E-state index contributed by atoms with van der Waals surface area (Å²) in [6.07, 6.45) is 0. The molecule has 1 rings (SSSR count). The molecule has 98 valence electrons. The summed E-state index contributed by atoms with van der Waals surface area (Å²) >= 11 is 3.29. The van der Waals surface area contributed by atoms with Gasteiger partial charge in [-0.05, 0) is 45.0 Å². The molecule has 1 aromatic rings. The summed E-state index contributed by atoms with van der Waals surface area (Å²) in [6, 6.07) is 6.97. The molecule has 0 saturated heterocycles. The Labute approximate surface area is 114 Å². The summed E-state index contributed by atoms with van der Waals surface area (Å²) in [6.45, 7) is 4.78. The average molecular weight is 315 g/mol. The summed E-state index contributed by atoms with van der Waals surface area (Å²) in [5, 5.41) is 0. The van der Waals surface area contributed by atoms with Gasteiger partial charge in [0.25, 0.3) is 5.78 Å². The number of ether oxygens (including phenoxy) is 2. The summed E-state index contributed by atoms with van der Waals surface area (Å²) in [4.78, 5) is 22.8. The monoisotopic (exact) mass is 314 g/mol. The minimum absolute atomic E-state index is 0.323. The van der Waals surface area contributed by atoms with Crippen molar-refractivity contribution in [2.45, 2.75) is 26.4 Å². The van der Waals surface area contributed by atoms with E-state index in [2.05, 4.69) is 15.9 Å². The van der Waals surface area contributed by atoms with Crippen LogP contribution in [-0.2, 0) is 14.3 Å². The third kappa shape index (κ3) is 5.31. The Hall–Kier alpha value is -1.36. The first-order valence-electron chi connectivity index (χ1n) is 5.42. The lowest BCUT2D eigenvalue weighted by atomic mass is 10.2. The van der Waals surface area contributed by atoms with Gasteiger partial charge < -0.3 is 9.47 Å². The Morgan fingerprint density at radius 3 is 2.22 bits per heavy atom. The number of hydrogen-bond donors (Lipinski definition) is 0. The fraction of sp³-hybridized carbons (Fsp3) is 0.385. The Kier molecular flexibility index (Phi) is 4.90. The zero-order valence-electron chi connectivity index (χ0n) is 10.5. The van der Waals surface area contributed by atoms with Crippen LogP contribution in [0.5, 0.6) is 5.75 Å². The van der Waals surface area contributed by atoms with Gasteiger partial charge in [0, 0.05) is 4.47 Å². The molecule has 0 heterocycles. The van der Waals surface area contributed by atoms with Crippen molar-refractivity contribution in [3.63, 3.8) is 0 Å². The first-order valence-corrected chi connectivity index (χ1v) is 6.22. The van der Waals surface area contributed by atoms with Gasteiger partial charge in [0.2, 0.25) is 0 Å². The minimum Gasteiger partial charge on any atom is -0.485 e.